The Bertz CT molecular complexity index is 629. The van der Waals surface area contributed by atoms with Gasteiger partial charge in [0.2, 0.25) is 10.9 Å². The first-order valence-electron chi connectivity index (χ1n) is 7.42. The number of carbonyl (C=O) groups is 1. The van der Waals surface area contributed by atoms with Crippen molar-refractivity contribution in [1.82, 2.24) is 4.31 Å². The third kappa shape index (κ3) is 4.26. The zero-order chi connectivity index (χ0) is 16.3. The summed E-state index contributed by atoms with van der Waals surface area (Å²) in [4.78, 5) is 11.6. The molecule has 2 unspecified atom stereocenters. The van der Waals surface area contributed by atoms with E-state index in [1.54, 1.807) is 13.8 Å². The van der Waals surface area contributed by atoms with Gasteiger partial charge in [-0.3, -0.25) is 0 Å². The maximum atomic E-state index is 12.7. The van der Waals surface area contributed by atoms with Crippen LogP contribution in [0.4, 0.5) is 0 Å². The number of furan rings is 1. The SMILES string of the molecule is CCOC(=O)c1ccc(S(=O)(=O)N2CCCCC2C(C)N)o1.Cl. The van der Waals surface area contributed by atoms with E-state index in [1.165, 1.54) is 16.4 Å². The molecule has 2 rings (SSSR count). The second-order valence-electron chi connectivity index (χ2n) is 5.38. The fourth-order valence-electron chi connectivity index (χ4n) is 2.64. The Morgan fingerprint density at radius 1 is 1.48 bits per heavy atom. The number of sulfonamides is 1. The van der Waals surface area contributed by atoms with Gasteiger partial charge in [0.1, 0.15) is 0 Å². The van der Waals surface area contributed by atoms with E-state index in [9.17, 15) is 13.2 Å². The molecule has 132 valence electrons. The molecule has 0 radical (unpaired) electrons. The highest BCUT2D eigenvalue weighted by Gasteiger charge is 2.37. The zero-order valence-electron chi connectivity index (χ0n) is 13.2. The van der Waals surface area contributed by atoms with Gasteiger partial charge in [-0.2, -0.15) is 4.31 Å². The maximum absolute atomic E-state index is 12.7. The molecule has 1 saturated heterocycles. The highest BCUT2D eigenvalue weighted by molar-refractivity contribution is 7.89. The molecule has 1 aliphatic rings. The van der Waals surface area contributed by atoms with E-state index < -0.39 is 16.0 Å². The summed E-state index contributed by atoms with van der Waals surface area (Å²) in [6.07, 6.45) is 2.46. The number of piperidine rings is 1. The van der Waals surface area contributed by atoms with Gasteiger partial charge in [-0.05, 0) is 38.8 Å². The van der Waals surface area contributed by atoms with Crippen molar-refractivity contribution in [2.45, 2.75) is 50.3 Å². The number of rotatable bonds is 5. The third-order valence-electron chi connectivity index (χ3n) is 3.73. The molecule has 0 amide bonds. The van der Waals surface area contributed by atoms with E-state index in [1.807, 2.05) is 0 Å². The summed E-state index contributed by atoms with van der Waals surface area (Å²) in [6.45, 7) is 4.06. The molecule has 0 saturated carbocycles. The second kappa shape index (κ2) is 8.14. The van der Waals surface area contributed by atoms with Gasteiger partial charge < -0.3 is 14.9 Å². The lowest BCUT2D eigenvalue weighted by Crippen LogP contribution is -2.51. The fraction of sp³-hybridized carbons (Fsp3) is 0.643. The van der Waals surface area contributed by atoms with E-state index in [0.717, 1.165) is 19.3 Å². The van der Waals surface area contributed by atoms with Crippen molar-refractivity contribution >= 4 is 28.4 Å². The molecule has 2 atom stereocenters. The highest BCUT2D eigenvalue weighted by atomic mass is 35.5. The summed E-state index contributed by atoms with van der Waals surface area (Å²) < 4.78 is 36.8. The van der Waals surface area contributed by atoms with Crippen LogP contribution in [0.5, 0.6) is 0 Å². The minimum atomic E-state index is -3.80. The van der Waals surface area contributed by atoms with Crippen LogP contribution in [0.2, 0.25) is 0 Å². The molecule has 1 aliphatic heterocycles. The molecule has 0 bridgehead atoms. The Labute approximate surface area is 142 Å². The lowest BCUT2D eigenvalue weighted by molar-refractivity contribution is 0.0483. The molecule has 1 aromatic heterocycles. The average molecular weight is 367 g/mol. The van der Waals surface area contributed by atoms with Crippen molar-refractivity contribution in [1.29, 1.82) is 0 Å². The summed E-state index contributed by atoms with van der Waals surface area (Å²) in [6, 6.07) is 2.08. The van der Waals surface area contributed by atoms with Gasteiger partial charge in [-0.25, -0.2) is 13.2 Å². The predicted octanol–water partition coefficient (Wildman–Crippen LogP) is 1.77. The van der Waals surface area contributed by atoms with Crippen molar-refractivity contribution in [3.8, 4) is 0 Å². The molecule has 9 heteroatoms. The highest BCUT2D eigenvalue weighted by Crippen LogP contribution is 2.27. The molecule has 23 heavy (non-hydrogen) atoms. The fourth-order valence-corrected chi connectivity index (χ4v) is 4.33. The van der Waals surface area contributed by atoms with E-state index in [4.69, 9.17) is 14.9 Å². The van der Waals surface area contributed by atoms with Crippen LogP contribution in [-0.2, 0) is 14.8 Å². The monoisotopic (exact) mass is 366 g/mol. The smallest absolute Gasteiger partial charge is 0.374 e. The van der Waals surface area contributed by atoms with Crippen LogP contribution in [0, 0.1) is 0 Å². The van der Waals surface area contributed by atoms with Crippen LogP contribution in [-0.4, -0.2) is 43.9 Å². The number of nitrogens with zero attached hydrogens (tertiary/aromatic N) is 1. The number of esters is 1. The van der Waals surface area contributed by atoms with Crippen LogP contribution >= 0.6 is 12.4 Å². The Morgan fingerprint density at radius 3 is 2.78 bits per heavy atom. The van der Waals surface area contributed by atoms with Crippen molar-refractivity contribution < 1.29 is 22.4 Å². The van der Waals surface area contributed by atoms with Gasteiger partial charge >= 0.3 is 5.97 Å². The second-order valence-corrected chi connectivity index (χ2v) is 7.20. The molecule has 2 N–H and O–H groups in total. The third-order valence-corrected chi connectivity index (χ3v) is 5.52. The molecular weight excluding hydrogens is 344 g/mol. The lowest BCUT2D eigenvalue weighted by atomic mass is 10.00. The summed E-state index contributed by atoms with van der Waals surface area (Å²) >= 11 is 0. The first-order valence-corrected chi connectivity index (χ1v) is 8.86. The van der Waals surface area contributed by atoms with Crippen molar-refractivity contribution in [3.05, 3.63) is 17.9 Å². The van der Waals surface area contributed by atoms with E-state index in [2.05, 4.69) is 0 Å². The summed E-state index contributed by atoms with van der Waals surface area (Å²) in [5.74, 6) is -0.791. The average Bonchev–Trinajstić information content (AvgIpc) is 2.98. The van der Waals surface area contributed by atoms with Crippen LogP contribution in [0.25, 0.3) is 0 Å². The zero-order valence-corrected chi connectivity index (χ0v) is 14.9. The van der Waals surface area contributed by atoms with E-state index >= 15 is 0 Å². The maximum Gasteiger partial charge on any atom is 0.374 e. The number of halogens is 1. The summed E-state index contributed by atoms with van der Waals surface area (Å²) in [7, 11) is -3.80. The molecule has 1 fully saturated rings. The van der Waals surface area contributed by atoms with Gasteiger partial charge in [0, 0.05) is 18.6 Å². The first kappa shape index (κ1) is 20.0. The lowest BCUT2D eigenvalue weighted by Gasteiger charge is -2.36. The number of hydrogen-bond donors (Lipinski definition) is 1. The van der Waals surface area contributed by atoms with Crippen LogP contribution < -0.4 is 5.73 Å². The minimum Gasteiger partial charge on any atom is -0.460 e. The molecule has 2 heterocycles. The van der Waals surface area contributed by atoms with Gasteiger partial charge in [0.05, 0.1) is 6.61 Å². The number of nitrogens with two attached hydrogens (primary N) is 1. The van der Waals surface area contributed by atoms with Crippen LogP contribution in [0.3, 0.4) is 0 Å². The number of hydrogen-bond acceptors (Lipinski definition) is 6. The summed E-state index contributed by atoms with van der Waals surface area (Å²) in [5, 5.41) is -0.247. The van der Waals surface area contributed by atoms with Crippen molar-refractivity contribution in [3.63, 3.8) is 0 Å². The Balaban J connectivity index is 0.00000264. The number of ether oxygens (including phenoxy) is 1. The minimum absolute atomic E-state index is 0. The predicted molar refractivity (Wildman–Crippen MR) is 87.1 cm³/mol. The van der Waals surface area contributed by atoms with Gasteiger partial charge in [0.25, 0.3) is 10.0 Å². The molecule has 0 aliphatic carbocycles. The quantitative estimate of drug-likeness (QED) is 0.796. The van der Waals surface area contributed by atoms with Crippen molar-refractivity contribution in [2.24, 2.45) is 5.73 Å². The molecule has 1 aromatic rings. The molecule has 7 nitrogen and oxygen atoms in total. The van der Waals surface area contributed by atoms with Gasteiger partial charge in [0.15, 0.2) is 0 Å². The van der Waals surface area contributed by atoms with E-state index in [0.29, 0.717) is 6.54 Å². The first-order chi connectivity index (χ1) is 10.4. The van der Waals surface area contributed by atoms with Crippen LogP contribution in [0.15, 0.2) is 21.6 Å². The largest absolute Gasteiger partial charge is 0.460 e. The molecule has 0 spiro atoms. The Hall–Kier alpha value is -1.09. The number of carbonyl (C=O) groups excluding carboxylic acids is 1. The Morgan fingerprint density at radius 2 is 2.17 bits per heavy atom. The molecular formula is C14H23ClN2O5S. The van der Waals surface area contributed by atoms with Crippen LogP contribution in [0.1, 0.15) is 43.7 Å². The normalized spacial score (nSPS) is 20.6. The van der Waals surface area contributed by atoms with E-state index in [-0.39, 0.29) is 42.0 Å². The topological polar surface area (TPSA) is 103 Å². The Kier molecular flexibility index (Phi) is 7.06. The van der Waals surface area contributed by atoms with Gasteiger partial charge in [-0.15, -0.1) is 12.4 Å². The van der Waals surface area contributed by atoms with Crippen molar-refractivity contribution in [2.75, 3.05) is 13.2 Å². The standard InChI is InChI=1S/C14H22N2O5S.ClH/c1-3-20-14(17)12-7-8-13(21-12)22(18,19)16-9-5-4-6-11(16)10(2)15;/h7-8,10-11H,3-6,9,15H2,1-2H3;1H. The summed E-state index contributed by atoms with van der Waals surface area (Å²) in [5.41, 5.74) is 5.91. The molecule has 0 aromatic carbocycles. The van der Waals surface area contributed by atoms with Gasteiger partial charge in [-0.1, -0.05) is 6.42 Å².